The molecule has 0 saturated heterocycles. The number of carboxylic acid groups (broad SMARTS) is 1. The lowest BCUT2D eigenvalue weighted by Crippen LogP contribution is -2.16. The van der Waals surface area contributed by atoms with E-state index in [1.165, 1.54) is 0 Å². The van der Waals surface area contributed by atoms with Crippen molar-refractivity contribution in [2.75, 3.05) is 0 Å². The van der Waals surface area contributed by atoms with Crippen LogP contribution in [0.15, 0.2) is 6.07 Å². The molecular formula is C8H9F2N3O3. The second kappa shape index (κ2) is 4.69. The van der Waals surface area contributed by atoms with E-state index in [1.54, 1.807) is 0 Å². The summed E-state index contributed by atoms with van der Waals surface area (Å²) in [4.78, 5) is 21.0. The van der Waals surface area contributed by atoms with Crippen molar-refractivity contribution in [1.82, 2.24) is 9.78 Å². The second-order valence-electron chi connectivity index (χ2n) is 3.00. The zero-order valence-electron chi connectivity index (χ0n) is 8.06. The van der Waals surface area contributed by atoms with Crippen molar-refractivity contribution >= 4 is 11.9 Å². The summed E-state index contributed by atoms with van der Waals surface area (Å²) < 4.78 is 25.7. The Labute approximate surface area is 88.7 Å². The quantitative estimate of drug-likeness (QED) is 0.768. The van der Waals surface area contributed by atoms with Crippen molar-refractivity contribution in [1.29, 1.82) is 0 Å². The Morgan fingerprint density at radius 2 is 2.19 bits per heavy atom. The Morgan fingerprint density at radius 1 is 1.56 bits per heavy atom. The van der Waals surface area contributed by atoms with Crippen LogP contribution in [0.25, 0.3) is 0 Å². The van der Waals surface area contributed by atoms with Crippen LogP contribution < -0.4 is 5.73 Å². The van der Waals surface area contributed by atoms with Crippen molar-refractivity contribution < 1.29 is 23.5 Å². The Hall–Kier alpha value is -1.99. The fourth-order valence-corrected chi connectivity index (χ4v) is 1.11. The fraction of sp³-hybridized carbons (Fsp3) is 0.375. The van der Waals surface area contributed by atoms with Gasteiger partial charge in [-0.1, -0.05) is 0 Å². The molecule has 1 heterocycles. The maximum atomic E-state index is 12.5. The number of rotatable bonds is 5. The molecule has 0 aliphatic heterocycles. The summed E-state index contributed by atoms with van der Waals surface area (Å²) in [6, 6.07) is 0.772. The summed E-state index contributed by atoms with van der Waals surface area (Å²) in [5.74, 6) is -2.08. The van der Waals surface area contributed by atoms with Gasteiger partial charge in [0.15, 0.2) is 5.69 Å². The van der Waals surface area contributed by atoms with E-state index in [-0.39, 0.29) is 13.0 Å². The van der Waals surface area contributed by atoms with Crippen LogP contribution in [0.3, 0.4) is 0 Å². The normalized spacial score (nSPS) is 10.7. The Balaban J connectivity index is 2.96. The molecule has 0 bridgehead atoms. The first-order chi connectivity index (χ1) is 7.41. The van der Waals surface area contributed by atoms with E-state index in [2.05, 4.69) is 5.10 Å². The predicted molar refractivity (Wildman–Crippen MR) is 48.0 cm³/mol. The van der Waals surface area contributed by atoms with Crippen molar-refractivity contribution in [2.45, 2.75) is 19.4 Å². The highest BCUT2D eigenvalue weighted by Crippen LogP contribution is 2.20. The van der Waals surface area contributed by atoms with Gasteiger partial charge in [0, 0.05) is 12.5 Å². The summed E-state index contributed by atoms with van der Waals surface area (Å²) in [7, 11) is 0. The molecule has 0 aliphatic rings. The van der Waals surface area contributed by atoms with Gasteiger partial charge in [-0.3, -0.25) is 9.48 Å². The summed E-state index contributed by atoms with van der Waals surface area (Å²) in [5.41, 5.74) is 3.82. The number of aromatic nitrogens is 2. The Bertz CT molecular complexity index is 417. The van der Waals surface area contributed by atoms with Crippen LogP contribution in [0.1, 0.15) is 29.0 Å². The van der Waals surface area contributed by atoms with Crippen LogP contribution in [-0.2, 0) is 11.3 Å². The maximum absolute atomic E-state index is 12.5. The number of carboxylic acids is 1. The third-order valence-electron chi connectivity index (χ3n) is 1.82. The SMILES string of the molecule is NC(=O)CCn1nc(C(=O)O)cc1C(F)F. The molecule has 0 atom stereocenters. The minimum atomic E-state index is -2.85. The number of aromatic carboxylic acids is 1. The van der Waals surface area contributed by atoms with E-state index < -0.39 is 29.7 Å². The topological polar surface area (TPSA) is 98.2 Å². The minimum Gasteiger partial charge on any atom is -0.476 e. The fourth-order valence-electron chi connectivity index (χ4n) is 1.11. The first-order valence-electron chi connectivity index (χ1n) is 4.29. The summed E-state index contributed by atoms with van der Waals surface area (Å²) in [6.07, 6.45) is -3.03. The minimum absolute atomic E-state index is 0.164. The van der Waals surface area contributed by atoms with Gasteiger partial charge in [-0.2, -0.15) is 5.10 Å². The number of primary amides is 1. The summed E-state index contributed by atoms with van der Waals surface area (Å²) in [5, 5.41) is 12.0. The van der Waals surface area contributed by atoms with Gasteiger partial charge in [0.2, 0.25) is 5.91 Å². The monoisotopic (exact) mass is 233 g/mol. The van der Waals surface area contributed by atoms with E-state index in [4.69, 9.17) is 10.8 Å². The molecule has 0 saturated carbocycles. The number of hydrogen-bond acceptors (Lipinski definition) is 3. The largest absolute Gasteiger partial charge is 0.476 e. The molecule has 0 fully saturated rings. The molecule has 1 amide bonds. The molecule has 1 aromatic heterocycles. The summed E-state index contributed by atoms with van der Waals surface area (Å²) in [6.45, 7) is -0.164. The van der Waals surface area contributed by atoms with Crippen LogP contribution in [0, 0.1) is 0 Å². The number of carbonyl (C=O) groups is 2. The number of alkyl halides is 2. The molecule has 0 unspecified atom stereocenters. The highest BCUT2D eigenvalue weighted by Gasteiger charge is 2.19. The molecular weight excluding hydrogens is 224 g/mol. The maximum Gasteiger partial charge on any atom is 0.356 e. The lowest BCUT2D eigenvalue weighted by Gasteiger charge is -2.04. The molecule has 16 heavy (non-hydrogen) atoms. The second-order valence-corrected chi connectivity index (χ2v) is 3.00. The molecule has 0 radical (unpaired) electrons. The van der Waals surface area contributed by atoms with Crippen molar-refractivity contribution in [3.63, 3.8) is 0 Å². The van der Waals surface area contributed by atoms with Gasteiger partial charge >= 0.3 is 5.97 Å². The van der Waals surface area contributed by atoms with Crippen LogP contribution >= 0.6 is 0 Å². The Kier molecular flexibility index (Phi) is 3.54. The standard InChI is InChI=1S/C8H9F2N3O3/c9-7(10)5-3-4(8(15)16)12-13(5)2-1-6(11)14/h3,7H,1-2H2,(H2,11,14)(H,15,16). The lowest BCUT2D eigenvalue weighted by molar-refractivity contribution is -0.118. The molecule has 0 aliphatic carbocycles. The summed E-state index contributed by atoms with van der Waals surface area (Å²) >= 11 is 0. The average molecular weight is 233 g/mol. The molecule has 3 N–H and O–H groups in total. The van der Waals surface area contributed by atoms with E-state index in [1.807, 2.05) is 0 Å². The number of amides is 1. The molecule has 6 nitrogen and oxygen atoms in total. The molecule has 0 aromatic carbocycles. The van der Waals surface area contributed by atoms with Gasteiger partial charge in [0.1, 0.15) is 5.69 Å². The number of hydrogen-bond donors (Lipinski definition) is 2. The van der Waals surface area contributed by atoms with E-state index >= 15 is 0 Å². The first kappa shape index (κ1) is 12.1. The van der Waals surface area contributed by atoms with Crippen molar-refractivity contribution in [3.8, 4) is 0 Å². The van der Waals surface area contributed by atoms with Gasteiger partial charge in [0.25, 0.3) is 6.43 Å². The zero-order valence-corrected chi connectivity index (χ0v) is 8.06. The third-order valence-corrected chi connectivity index (χ3v) is 1.82. The van der Waals surface area contributed by atoms with Crippen LogP contribution in [0.5, 0.6) is 0 Å². The number of aryl methyl sites for hydroxylation is 1. The van der Waals surface area contributed by atoms with Crippen LogP contribution in [0.4, 0.5) is 8.78 Å². The zero-order chi connectivity index (χ0) is 12.3. The van der Waals surface area contributed by atoms with Gasteiger partial charge < -0.3 is 10.8 Å². The third kappa shape index (κ3) is 2.75. The highest BCUT2D eigenvalue weighted by atomic mass is 19.3. The average Bonchev–Trinajstić information content (AvgIpc) is 2.58. The lowest BCUT2D eigenvalue weighted by atomic mass is 10.3. The predicted octanol–water partition coefficient (Wildman–Crippen LogP) is 0.394. The van der Waals surface area contributed by atoms with Crippen LogP contribution in [0.2, 0.25) is 0 Å². The van der Waals surface area contributed by atoms with Crippen LogP contribution in [-0.4, -0.2) is 26.8 Å². The number of nitrogens with zero attached hydrogens (tertiary/aromatic N) is 2. The molecule has 8 heteroatoms. The molecule has 1 rings (SSSR count). The van der Waals surface area contributed by atoms with E-state index in [0.717, 1.165) is 10.7 Å². The van der Waals surface area contributed by atoms with Gasteiger partial charge in [-0.05, 0) is 0 Å². The van der Waals surface area contributed by atoms with E-state index in [0.29, 0.717) is 0 Å². The molecule has 1 aromatic rings. The first-order valence-corrected chi connectivity index (χ1v) is 4.29. The molecule has 0 spiro atoms. The highest BCUT2D eigenvalue weighted by molar-refractivity contribution is 5.85. The number of nitrogens with two attached hydrogens (primary N) is 1. The van der Waals surface area contributed by atoms with E-state index in [9.17, 15) is 18.4 Å². The molecule has 88 valence electrons. The van der Waals surface area contributed by atoms with Crippen molar-refractivity contribution in [2.24, 2.45) is 5.73 Å². The number of carbonyl (C=O) groups excluding carboxylic acids is 1. The van der Waals surface area contributed by atoms with Gasteiger partial charge in [-0.25, -0.2) is 13.6 Å². The number of halogens is 2. The van der Waals surface area contributed by atoms with Crippen molar-refractivity contribution in [3.05, 3.63) is 17.5 Å². The van der Waals surface area contributed by atoms with Gasteiger partial charge in [-0.15, -0.1) is 0 Å². The smallest absolute Gasteiger partial charge is 0.356 e. The Morgan fingerprint density at radius 3 is 2.62 bits per heavy atom. The van der Waals surface area contributed by atoms with Gasteiger partial charge in [0.05, 0.1) is 6.54 Å².